The molecule has 0 saturated carbocycles. The molecule has 0 amide bonds. The molecule has 2 aromatic rings. The molecule has 0 saturated heterocycles. The third-order valence-electron chi connectivity index (χ3n) is 2.86. The average Bonchev–Trinajstić information content (AvgIpc) is 2.84. The number of ether oxygens (including phenoxy) is 1. The molecular weight excluding hydrogens is 324 g/mol. The number of thiazole rings is 1. The third-order valence-corrected chi connectivity index (χ3v) is 4.78. The maximum Gasteiger partial charge on any atom is 0.119 e. The van der Waals surface area contributed by atoms with Crippen molar-refractivity contribution in [3.8, 4) is 5.75 Å². The van der Waals surface area contributed by atoms with Gasteiger partial charge in [-0.25, -0.2) is 4.98 Å². The molecule has 102 valence electrons. The van der Waals surface area contributed by atoms with E-state index in [4.69, 9.17) is 4.74 Å². The van der Waals surface area contributed by atoms with E-state index in [1.807, 2.05) is 25.1 Å². The van der Waals surface area contributed by atoms with Gasteiger partial charge in [0.1, 0.15) is 10.8 Å². The Balaban J connectivity index is 2.02. The van der Waals surface area contributed by atoms with Gasteiger partial charge in [-0.2, -0.15) is 0 Å². The SMILES string of the molecule is COc1ccc(Br)c(CNC(C)c2nc(C)cs2)c1. The molecule has 1 heterocycles. The molecule has 0 fully saturated rings. The molecule has 0 spiro atoms. The largest absolute Gasteiger partial charge is 0.497 e. The highest BCUT2D eigenvalue weighted by molar-refractivity contribution is 9.10. The highest BCUT2D eigenvalue weighted by Gasteiger charge is 2.10. The molecule has 1 unspecified atom stereocenters. The van der Waals surface area contributed by atoms with Crippen LogP contribution in [0.1, 0.15) is 29.2 Å². The summed E-state index contributed by atoms with van der Waals surface area (Å²) in [4.78, 5) is 4.50. The minimum Gasteiger partial charge on any atom is -0.497 e. The van der Waals surface area contributed by atoms with Crippen molar-refractivity contribution in [2.24, 2.45) is 0 Å². The van der Waals surface area contributed by atoms with Crippen LogP contribution >= 0.6 is 27.3 Å². The summed E-state index contributed by atoms with van der Waals surface area (Å²) in [6, 6.07) is 6.24. The first-order valence-corrected chi connectivity index (χ1v) is 7.75. The molecule has 0 aliphatic carbocycles. The van der Waals surface area contributed by atoms with E-state index < -0.39 is 0 Å². The van der Waals surface area contributed by atoms with Crippen LogP contribution < -0.4 is 10.1 Å². The predicted molar refractivity (Wildman–Crippen MR) is 82.8 cm³/mol. The summed E-state index contributed by atoms with van der Waals surface area (Å²) < 4.78 is 6.33. The first kappa shape index (κ1) is 14.5. The van der Waals surface area contributed by atoms with Crippen LogP contribution in [0.3, 0.4) is 0 Å². The Bertz CT molecular complexity index is 556. The van der Waals surface area contributed by atoms with E-state index >= 15 is 0 Å². The van der Waals surface area contributed by atoms with Gasteiger partial charge in [0.05, 0.1) is 13.2 Å². The standard InChI is InChI=1S/C14H17BrN2OS/c1-9-8-19-14(17-9)10(2)16-7-11-6-12(18-3)4-5-13(11)15/h4-6,8,10,16H,7H2,1-3H3. The number of rotatable bonds is 5. The van der Waals surface area contributed by atoms with Crippen LogP contribution in [0, 0.1) is 6.92 Å². The molecule has 3 nitrogen and oxygen atoms in total. The molecule has 1 aromatic heterocycles. The summed E-state index contributed by atoms with van der Waals surface area (Å²) in [5, 5.41) is 6.68. The van der Waals surface area contributed by atoms with Crippen molar-refractivity contribution in [3.63, 3.8) is 0 Å². The van der Waals surface area contributed by atoms with E-state index in [0.29, 0.717) is 0 Å². The summed E-state index contributed by atoms with van der Waals surface area (Å²) in [7, 11) is 1.68. The lowest BCUT2D eigenvalue weighted by molar-refractivity contribution is 0.413. The van der Waals surface area contributed by atoms with Crippen molar-refractivity contribution < 1.29 is 4.74 Å². The second kappa shape index (κ2) is 6.50. The molecule has 1 N–H and O–H groups in total. The molecule has 1 atom stereocenters. The number of halogens is 1. The number of aromatic nitrogens is 1. The predicted octanol–water partition coefficient (Wildman–Crippen LogP) is 4.07. The second-order valence-electron chi connectivity index (χ2n) is 4.39. The van der Waals surface area contributed by atoms with Crippen LogP contribution in [0.25, 0.3) is 0 Å². The Labute approximate surface area is 126 Å². The van der Waals surface area contributed by atoms with Crippen molar-refractivity contribution in [2.75, 3.05) is 7.11 Å². The Morgan fingerprint density at radius 2 is 2.26 bits per heavy atom. The number of methoxy groups -OCH3 is 1. The smallest absolute Gasteiger partial charge is 0.119 e. The Hall–Kier alpha value is -0.910. The maximum absolute atomic E-state index is 5.25. The maximum atomic E-state index is 5.25. The quantitative estimate of drug-likeness (QED) is 0.890. The lowest BCUT2D eigenvalue weighted by atomic mass is 10.2. The summed E-state index contributed by atoms with van der Waals surface area (Å²) in [5.41, 5.74) is 2.26. The monoisotopic (exact) mass is 340 g/mol. The van der Waals surface area contributed by atoms with E-state index in [1.54, 1.807) is 18.4 Å². The summed E-state index contributed by atoms with van der Waals surface area (Å²) in [6.45, 7) is 4.93. The topological polar surface area (TPSA) is 34.1 Å². The zero-order valence-corrected chi connectivity index (χ0v) is 13.6. The lowest BCUT2D eigenvalue weighted by Crippen LogP contribution is -2.18. The molecule has 0 aliphatic heterocycles. The van der Waals surface area contributed by atoms with Crippen molar-refractivity contribution in [2.45, 2.75) is 26.4 Å². The fraction of sp³-hybridized carbons (Fsp3) is 0.357. The average molecular weight is 341 g/mol. The molecule has 0 bridgehead atoms. The van der Waals surface area contributed by atoms with E-state index in [1.165, 1.54) is 5.56 Å². The van der Waals surface area contributed by atoms with Crippen LogP contribution in [-0.4, -0.2) is 12.1 Å². The number of nitrogens with one attached hydrogen (secondary N) is 1. The fourth-order valence-electron chi connectivity index (χ4n) is 1.73. The van der Waals surface area contributed by atoms with Crippen LogP contribution in [-0.2, 0) is 6.54 Å². The van der Waals surface area contributed by atoms with Gasteiger partial charge in [-0.1, -0.05) is 15.9 Å². The molecule has 1 aromatic carbocycles. The van der Waals surface area contributed by atoms with Crippen LogP contribution in [0.4, 0.5) is 0 Å². The van der Waals surface area contributed by atoms with Crippen LogP contribution in [0.2, 0.25) is 0 Å². The summed E-state index contributed by atoms with van der Waals surface area (Å²) in [6.07, 6.45) is 0. The Morgan fingerprint density at radius 1 is 1.47 bits per heavy atom. The molecule has 2 rings (SSSR count). The van der Waals surface area contributed by atoms with E-state index in [9.17, 15) is 0 Å². The van der Waals surface area contributed by atoms with Gasteiger partial charge in [-0.15, -0.1) is 11.3 Å². The number of hydrogen-bond acceptors (Lipinski definition) is 4. The zero-order valence-electron chi connectivity index (χ0n) is 11.2. The number of hydrogen-bond donors (Lipinski definition) is 1. The first-order chi connectivity index (χ1) is 9.10. The van der Waals surface area contributed by atoms with Crippen molar-refractivity contribution >= 4 is 27.3 Å². The van der Waals surface area contributed by atoms with Crippen LogP contribution in [0.5, 0.6) is 5.75 Å². The molecule has 19 heavy (non-hydrogen) atoms. The fourth-order valence-corrected chi connectivity index (χ4v) is 2.95. The summed E-state index contributed by atoms with van der Waals surface area (Å²) in [5.74, 6) is 0.873. The van der Waals surface area contributed by atoms with E-state index in [0.717, 1.165) is 27.5 Å². The van der Waals surface area contributed by atoms with Crippen molar-refractivity contribution in [1.82, 2.24) is 10.3 Å². The van der Waals surface area contributed by atoms with Gasteiger partial charge in [-0.05, 0) is 37.6 Å². The van der Waals surface area contributed by atoms with Gasteiger partial charge in [-0.3, -0.25) is 0 Å². The van der Waals surface area contributed by atoms with Gasteiger partial charge < -0.3 is 10.1 Å². The molecular formula is C14H17BrN2OS. The van der Waals surface area contributed by atoms with Crippen molar-refractivity contribution in [3.05, 3.63) is 44.3 Å². The normalized spacial score (nSPS) is 12.4. The van der Waals surface area contributed by atoms with Gasteiger partial charge >= 0.3 is 0 Å². The second-order valence-corrected chi connectivity index (χ2v) is 6.13. The number of aryl methyl sites for hydroxylation is 1. The third kappa shape index (κ3) is 3.78. The van der Waals surface area contributed by atoms with Gasteiger partial charge in [0.25, 0.3) is 0 Å². The van der Waals surface area contributed by atoms with Crippen molar-refractivity contribution in [1.29, 1.82) is 0 Å². The molecule has 0 radical (unpaired) electrons. The highest BCUT2D eigenvalue weighted by atomic mass is 79.9. The Morgan fingerprint density at radius 3 is 2.89 bits per heavy atom. The van der Waals surface area contributed by atoms with Gasteiger partial charge in [0.15, 0.2) is 0 Å². The molecule has 0 aliphatic rings. The van der Waals surface area contributed by atoms with E-state index in [-0.39, 0.29) is 6.04 Å². The number of nitrogens with zero attached hydrogens (tertiary/aromatic N) is 1. The number of benzene rings is 1. The molecule has 5 heteroatoms. The first-order valence-electron chi connectivity index (χ1n) is 6.08. The van der Waals surface area contributed by atoms with Gasteiger partial charge in [0, 0.05) is 22.1 Å². The van der Waals surface area contributed by atoms with E-state index in [2.05, 4.69) is 38.5 Å². The highest BCUT2D eigenvalue weighted by Crippen LogP contribution is 2.24. The Kier molecular flexibility index (Phi) is 4.96. The lowest BCUT2D eigenvalue weighted by Gasteiger charge is -2.13. The van der Waals surface area contributed by atoms with Gasteiger partial charge in [0.2, 0.25) is 0 Å². The van der Waals surface area contributed by atoms with Crippen LogP contribution in [0.15, 0.2) is 28.1 Å². The minimum absolute atomic E-state index is 0.247. The minimum atomic E-state index is 0.247. The summed E-state index contributed by atoms with van der Waals surface area (Å²) >= 11 is 5.26. The zero-order chi connectivity index (χ0) is 13.8.